The van der Waals surface area contributed by atoms with E-state index in [0.717, 1.165) is 6.54 Å². The SMILES string of the molecule is CCCCN(CCCC)C1(CN)CCCCC1OC. The Kier molecular flexibility index (Phi) is 7.96. The van der Waals surface area contributed by atoms with Gasteiger partial charge in [-0.3, -0.25) is 4.90 Å². The summed E-state index contributed by atoms with van der Waals surface area (Å²) in [5.74, 6) is 0. The molecule has 3 nitrogen and oxygen atoms in total. The number of methoxy groups -OCH3 is 1. The van der Waals surface area contributed by atoms with Gasteiger partial charge < -0.3 is 10.5 Å². The average Bonchev–Trinajstić information content (AvgIpc) is 2.47. The molecular formula is C16H34N2O. The quantitative estimate of drug-likeness (QED) is 0.699. The van der Waals surface area contributed by atoms with Gasteiger partial charge in [0.05, 0.1) is 11.6 Å². The van der Waals surface area contributed by atoms with Crippen LogP contribution in [0.4, 0.5) is 0 Å². The summed E-state index contributed by atoms with van der Waals surface area (Å²) in [6, 6.07) is 0. The molecule has 0 radical (unpaired) electrons. The normalized spacial score (nSPS) is 27.9. The standard InChI is InChI=1S/C16H34N2O/c1-4-6-12-18(13-7-5-2)16(14-17)11-9-8-10-15(16)19-3/h15H,4-14,17H2,1-3H3. The van der Waals surface area contributed by atoms with Gasteiger partial charge in [0.25, 0.3) is 0 Å². The van der Waals surface area contributed by atoms with Crippen LogP contribution in [0.2, 0.25) is 0 Å². The molecule has 1 aliphatic rings. The van der Waals surface area contributed by atoms with Crippen molar-refractivity contribution in [2.45, 2.75) is 76.9 Å². The van der Waals surface area contributed by atoms with Gasteiger partial charge in [-0.15, -0.1) is 0 Å². The predicted octanol–water partition coefficient (Wildman–Crippen LogP) is 3.18. The molecule has 0 bridgehead atoms. The lowest BCUT2D eigenvalue weighted by Crippen LogP contribution is -2.63. The second-order valence-electron chi connectivity index (χ2n) is 5.97. The van der Waals surface area contributed by atoms with Crippen LogP contribution in [0.5, 0.6) is 0 Å². The van der Waals surface area contributed by atoms with Gasteiger partial charge in [-0.25, -0.2) is 0 Å². The second kappa shape index (κ2) is 8.93. The number of hydrogen-bond acceptors (Lipinski definition) is 3. The minimum Gasteiger partial charge on any atom is -0.379 e. The molecule has 0 aliphatic heterocycles. The molecule has 0 heterocycles. The highest BCUT2D eigenvalue weighted by Gasteiger charge is 2.44. The number of nitrogens with zero attached hydrogens (tertiary/aromatic N) is 1. The van der Waals surface area contributed by atoms with Crippen LogP contribution in [0.3, 0.4) is 0 Å². The zero-order valence-electron chi connectivity index (χ0n) is 13.3. The Hall–Kier alpha value is -0.120. The van der Waals surface area contributed by atoms with Crippen LogP contribution in [-0.4, -0.2) is 43.3 Å². The van der Waals surface area contributed by atoms with E-state index in [1.165, 1.54) is 64.5 Å². The number of nitrogens with two attached hydrogens (primary N) is 1. The fraction of sp³-hybridized carbons (Fsp3) is 1.00. The Labute approximate surface area is 119 Å². The Morgan fingerprint density at radius 3 is 2.26 bits per heavy atom. The molecule has 19 heavy (non-hydrogen) atoms. The maximum absolute atomic E-state index is 6.23. The van der Waals surface area contributed by atoms with Gasteiger partial charge in [0, 0.05) is 13.7 Å². The van der Waals surface area contributed by atoms with Crippen molar-refractivity contribution in [2.24, 2.45) is 5.73 Å². The van der Waals surface area contributed by atoms with Crippen molar-refractivity contribution in [1.29, 1.82) is 0 Å². The van der Waals surface area contributed by atoms with Crippen molar-refractivity contribution in [3.8, 4) is 0 Å². The van der Waals surface area contributed by atoms with E-state index in [4.69, 9.17) is 10.5 Å². The summed E-state index contributed by atoms with van der Waals surface area (Å²) < 4.78 is 5.82. The van der Waals surface area contributed by atoms with E-state index in [1.54, 1.807) is 0 Å². The minimum atomic E-state index is 0.0946. The summed E-state index contributed by atoms with van der Waals surface area (Å²) in [6.45, 7) is 7.61. The van der Waals surface area contributed by atoms with Crippen LogP contribution in [0.15, 0.2) is 0 Å². The van der Waals surface area contributed by atoms with Crippen LogP contribution < -0.4 is 5.73 Å². The number of hydrogen-bond donors (Lipinski definition) is 1. The Bertz CT molecular complexity index is 227. The summed E-state index contributed by atoms with van der Waals surface area (Å²) in [4.78, 5) is 2.66. The molecule has 0 spiro atoms. The molecule has 0 saturated heterocycles. The maximum atomic E-state index is 6.23. The summed E-state index contributed by atoms with van der Waals surface area (Å²) in [7, 11) is 1.86. The van der Waals surface area contributed by atoms with E-state index in [-0.39, 0.29) is 5.54 Å². The average molecular weight is 270 g/mol. The molecule has 0 aromatic carbocycles. The molecule has 2 atom stereocenters. The van der Waals surface area contributed by atoms with Crippen molar-refractivity contribution >= 4 is 0 Å². The molecule has 2 unspecified atom stereocenters. The fourth-order valence-electron chi connectivity index (χ4n) is 3.51. The molecule has 2 N–H and O–H groups in total. The van der Waals surface area contributed by atoms with Gasteiger partial charge in [0.1, 0.15) is 0 Å². The second-order valence-corrected chi connectivity index (χ2v) is 5.97. The lowest BCUT2D eigenvalue weighted by atomic mass is 9.77. The van der Waals surface area contributed by atoms with E-state index >= 15 is 0 Å². The highest BCUT2D eigenvalue weighted by atomic mass is 16.5. The first-order chi connectivity index (χ1) is 9.25. The first kappa shape index (κ1) is 16.9. The van der Waals surface area contributed by atoms with Gasteiger partial charge in [0.2, 0.25) is 0 Å². The minimum absolute atomic E-state index is 0.0946. The Balaban J connectivity index is 2.83. The van der Waals surface area contributed by atoms with Gasteiger partial charge >= 0.3 is 0 Å². The monoisotopic (exact) mass is 270 g/mol. The van der Waals surface area contributed by atoms with Gasteiger partial charge in [-0.05, 0) is 38.8 Å². The number of unbranched alkanes of at least 4 members (excludes halogenated alkanes) is 2. The Morgan fingerprint density at radius 1 is 1.16 bits per heavy atom. The zero-order valence-corrected chi connectivity index (χ0v) is 13.3. The molecular weight excluding hydrogens is 236 g/mol. The molecule has 3 heteroatoms. The number of ether oxygens (including phenoxy) is 1. The third kappa shape index (κ3) is 4.17. The smallest absolute Gasteiger partial charge is 0.0767 e. The van der Waals surface area contributed by atoms with Crippen molar-refractivity contribution in [3.63, 3.8) is 0 Å². The molecule has 0 aromatic heterocycles. The van der Waals surface area contributed by atoms with E-state index in [9.17, 15) is 0 Å². The number of rotatable bonds is 9. The maximum Gasteiger partial charge on any atom is 0.0767 e. The third-order valence-corrected chi connectivity index (χ3v) is 4.76. The first-order valence-electron chi connectivity index (χ1n) is 8.23. The predicted molar refractivity (Wildman–Crippen MR) is 82.4 cm³/mol. The highest BCUT2D eigenvalue weighted by molar-refractivity contribution is 5.01. The topological polar surface area (TPSA) is 38.5 Å². The van der Waals surface area contributed by atoms with Gasteiger partial charge in [-0.1, -0.05) is 39.5 Å². The van der Waals surface area contributed by atoms with Crippen molar-refractivity contribution in [3.05, 3.63) is 0 Å². The summed E-state index contributed by atoms with van der Waals surface area (Å²) in [6.07, 6.45) is 10.3. The van der Waals surface area contributed by atoms with Crippen molar-refractivity contribution in [2.75, 3.05) is 26.7 Å². The highest BCUT2D eigenvalue weighted by Crippen LogP contribution is 2.35. The third-order valence-electron chi connectivity index (χ3n) is 4.76. The molecule has 1 fully saturated rings. The van der Waals surface area contributed by atoms with Crippen LogP contribution in [0.25, 0.3) is 0 Å². The Morgan fingerprint density at radius 2 is 1.79 bits per heavy atom. The lowest BCUT2D eigenvalue weighted by Gasteiger charge is -2.50. The van der Waals surface area contributed by atoms with E-state index < -0.39 is 0 Å². The molecule has 0 amide bonds. The van der Waals surface area contributed by atoms with Crippen LogP contribution in [0, 0.1) is 0 Å². The largest absolute Gasteiger partial charge is 0.379 e. The van der Waals surface area contributed by atoms with Crippen LogP contribution >= 0.6 is 0 Å². The summed E-state index contributed by atoms with van der Waals surface area (Å²) in [5.41, 5.74) is 6.32. The zero-order chi connectivity index (χ0) is 14.1. The molecule has 1 rings (SSSR count). The summed E-state index contributed by atoms with van der Waals surface area (Å²) in [5, 5.41) is 0. The molecule has 114 valence electrons. The van der Waals surface area contributed by atoms with Crippen molar-refractivity contribution < 1.29 is 4.74 Å². The van der Waals surface area contributed by atoms with Gasteiger partial charge in [-0.2, -0.15) is 0 Å². The van der Waals surface area contributed by atoms with Crippen LogP contribution in [0.1, 0.15) is 65.2 Å². The fourth-order valence-corrected chi connectivity index (χ4v) is 3.51. The van der Waals surface area contributed by atoms with E-state index in [1.807, 2.05) is 7.11 Å². The van der Waals surface area contributed by atoms with E-state index in [2.05, 4.69) is 18.7 Å². The van der Waals surface area contributed by atoms with Crippen molar-refractivity contribution in [1.82, 2.24) is 4.90 Å². The molecule has 0 aromatic rings. The molecule has 1 aliphatic carbocycles. The van der Waals surface area contributed by atoms with Crippen LogP contribution in [-0.2, 0) is 4.74 Å². The lowest BCUT2D eigenvalue weighted by molar-refractivity contribution is -0.0763. The van der Waals surface area contributed by atoms with E-state index in [0.29, 0.717) is 6.10 Å². The summed E-state index contributed by atoms with van der Waals surface area (Å²) >= 11 is 0. The van der Waals surface area contributed by atoms with Gasteiger partial charge in [0.15, 0.2) is 0 Å². The first-order valence-corrected chi connectivity index (χ1v) is 8.23. The molecule has 1 saturated carbocycles.